The second-order valence-electron chi connectivity index (χ2n) is 4.24. The standard InChI is InChI=1S/C16H17O/c1-13-3-5-14(6-4-13)11-15-7-9-16(10-8-15)12-17-2/h3-10H,1,11-12H2,2H3/q+1. The molecule has 1 aliphatic carbocycles. The van der Waals surface area contributed by atoms with Gasteiger partial charge >= 0.3 is 0 Å². The molecule has 0 fully saturated rings. The molecule has 1 nitrogen and oxygen atoms in total. The van der Waals surface area contributed by atoms with Crippen molar-refractivity contribution in [1.82, 2.24) is 0 Å². The zero-order valence-electron chi connectivity index (χ0n) is 10.1. The van der Waals surface area contributed by atoms with Crippen molar-refractivity contribution in [3.8, 4) is 0 Å². The van der Waals surface area contributed by atoms with Gasteiger partial charge in [-0.2, -0.15) is 0 Å². The quantitative estimate of drug-likeness (QED) is 0.711. The van der Waals surface area contributed by atoms with Gasteiger partial charge in [0.05, 0.1) is 12.2 Å². The average molecular weight is 225 g/mol. The maximum atomic E-state index is 5.09. The Bertz CT molecular complexity index is 449. The Morgan fingerprint density at radius 1 is 1.12 bits per heavy atom. The van der Waals surface area contributed by atoms with Crippen molar-refractivity contribution < 1.29 is 4.74 Å². The van der Waals surface area contributed by atoms with Crippen molar-refractivity contribution in [1.29, 1.82) is 0 Å². The Kier molecular flexibility index (Phi) is 3.84. The fraction of sp³-hybridized carbons (Fsp3) is 0.188. The Morgan fingerprint density at radius 2 is 1.82 bits per heavy atom. The molecule has 2 rings (SSSR count). The van der Waals surface area contributed by atoms with Crippen LogP contribution in [0.15, 0.2) is 60.2 Å². The second kappa shape index (κ2) is 5.55. The SMILES string of the molecule is C=C1C=CC(Cc2ccc(COC)cc2)=C[CH+]1. The lowest BCUT2D eigenvalue weighted by Gasteiger charge is -2.04. The fourth-order valence-electron chi connectivity index (χ4n) is 1.81. The molecule has 1 aliphatic rings. The first-order valence-electron chi connectivity index (χ1n) is 5.75. The fourth-order valence-corrected chi connectivity index (χ4v) is 1.81. The molecule has 1 aromatic rings. The van der Waals surface area contributed by atoms with Gasteiger partial charge in [0.15, 0.2) is 0 Å². The van der Waals surface area contributed by atoms with E-state index in [1.807, 2.05) is 0 Å². The summed E-state index contributed by atoms with van der Waals surface area (Å²) in [5.41, 5.74) is 4.91. The van der Waals surface area contributed by atoms with Crippen LogP contribution < -0.4 is 0 Å². The van der Waals surface area contributed by atoms with Crippen LogP contribution in [0, 0.1) is 6.42 Å². The topological polar surface area (TPSA) is 9.23 Å². The maximum Gasteiger partial charge on any atom is 0.0887 e. The summed E-state index contributed by atoms with van der Waals surface area (Å²) in [7, 11) is 1.72. The van der Waals surface area contributed by atoms with Gasteiger partial charge in [0, 0.05) is 43.8 Å². The second-order valence-corrected chi connectivity index (χ2v) is 4.24. The minimum absolute atomic E-state index is 0.677. The van der Waals surface area contributed by atoms with E-state index in [4.69, 9.17) is 4.74 Å². The van der Waals surface area contributed by atoms with E-state index >= 15 is 0 Å². The predicted octanol–water partition coefficient (Wildman–Crippen LogP) is 3.63. The molecule has 0 heterocycles. The van der Waals surface area contributed by atoms with E-state index in [2.05, 4.69) is 55.5 Å². The first kappa shape index (κ1) is 11.7. The third-order valence-corrected chi connectivity index (χ3v) is 2.77. The molecule has 1 aromatic carbocycles. The first-order chi connectivity index (χ1) is 8.28. The molecular weight excluding hydrogens is 208 g/mol. The van der Waals surface area contributed by atoms with Crippen LogP contribution in [0.25, 0.3) is 0 Å². The monoisotopic (exact) mass is 225 g/mol. The Balaban J connectivity index is 2.00. The number of rotatable bonds is 4. The summed E-state index contributed by atoms with van der Waals surface area (Å²) < 4.78 is 5.09. The van der Waals surface area contributed by atoms with Gasteiger partial charge in [0.1, 0.15) is 0 Å². The van der Waals surface area contributed by atoms with E-state index in [1.54, 1.807) is 7.11 Å². The van der Waals surface area contributed by atoms with Crippen molar-refractivity contribution in [3.05, 3.63) is 77.8 Å². The lowest BCUT2D eigenvalue weighted by molar-refractivity contribution is 0.185. The minimum Gasteiger partial charge on any atom is -0.380 e. The van der Waals surface area contributed by atoms with Crippen LogP contribution in [0.2, 0.25) is 0 Å². The highest BCUT2D eigenvalue weighted by Gasteiger charge is 2.07. The summed E-state index contributed by atoms with van der Waals surface area (Å²) in [5, 5.41) is 0. The highest BCUT2D eigenvalue weighted by Crippen LogP contribution is 2.17. The summed E-state index contributed by atoms with van der Waals surface area (Å²) in [6.07, 6.45) is 9.33. The van der Waals surface area contributed by atoms with Crippen LogP contribution in [0.1, 0.15) is 11.1 Å². The molecule has 0 unspecified atom stereocenters. The summed E-state index contributed by atoms with van der Waals surface area (Å²) in [5.74, 6) is 0. The third-order valence-electron chi connectivity index (χ3n) is 2.77. The lowest BCUT2D eigenvalue weighted by Crippen LogP contribution is -1.94. The van der Waals surface area contributed by atoms with E-state index in [0.717, 1.165) is 12.0 Å². The van der Waals surface area contributed by atoms with Crippen LogP contribution in [-0.4, -0.2) is 7.11 Å². The zero-order chi connectivity index (χ0) is 12.1. The van der Waals surface area contributed by atoms with E-state index in [-0.39, 0.29) is 0 Å². The molecule has 0 aromatic heterocycles. The van der Waals surface area contributed by atoms with Gasteiger partial charge in [0.25, 0.3) is 0 Å². The average Bonchev–Trinajstić information content (AvgIpc) is 2.35. The molecular formula is C16H17O+. The van der Waals surface area contributed by atoms with E-state index in [0.29, 0.717) is 6.61 Å². The van der Waals surface area contributed by atoms with Crippen molar-refractivity contribution >= 4 is 0 Å². The van der Waals surface area contributed by atoms with Crippen LogP contribution in [-0.2, 0) is 17.8 Å². The number of hydrogen-bond donors (Lipinski definition) is 0. The van der Waals surface area contributed by atoms with Crippen molar-refractivity contribution in [2.45, 2.75) is 13.0 Å². The summed E-state index contributed by atoms with van der Waals surface area (Å²) in [6.45, 7) is 4.56. The van der Waals surface area contributed by atoms with Gasteiger partial charge in [-0.3, -0.25) is 0 Å². The largest absolute Gasteiger partial charge is 0.380 e. The molecule has 0 amide bonds. The van der Waals surface area contributed by atoms with Gasteiger partial charge in [-0.25, -0.2) is 0 Å². The molecule has 0 aliphatic heterocycles. The Labute approximate surface area is 103 Å². The lowest BCUT2D eigenvalue weighted by atomic mass is 9.97. The molecule has 1 heteroatoms. The summed E-state index contributed by atoms with van der Waals surface area (Å²) >= 11 is 0. The number of allylic oxidation sites excluding steroid dienone is 5. The van der Waals surface area contributed by atoms with Crippen molar-refractivity contribution in [3.63, 3.8) is 0 Å². The molecule has 17 heavy (non-hydrogen) atoms. The molecule has 0 saturated carbocycles. The normalized spacial score (nSPS) is 14.4. The van der Waals surface area contributed by atoms with Crippen LogP contribution in [0.5, 0.6) is 0 Å². The highest BCUT2D eigenvalue weighted by molar-refractivity contribution is 5.43. The molecule has 86 valence electrons. The van der Waals surface area contributed by atoms with E-state index < -0.39 is 0 Å². The predicted molar refractivity (Wildman–Crippen MR) is 71.5 cm³/mol. The Hall–Kier alpha value is -1.73. The number of hydrogen-bond acceptors (Lipinski definition) is 1. The minimum atomic E-state index is 0.677. The zero-order valence-corrected chi connectivity index (χ0v) is 10.1. The van der Waals surface area contributed by atoms with Crippen molar-refractivity contribution in [2.75, 3.05) is 7.11 Å². The van der Waals surface area contributed by atoms with Gasteiger partial charge in [-0.1, -0.05) is 24.3 Å². The van der Waals surface area contributed by atoms with Crippen molar-refractivity contribution in [2.24, 2.45) is 0 Å². The smallest absolute Gasteiger partial charge is 0.0887 e. The third kappa shape index (κ3) is 3.36. The van der Waals surface area contributed by atoms with Gasteiger partial charge in [0.2, 0.25) is 0 Å². The molecule has 0 N–H and O–H groups in total. The van der Waals surface area contributed by atoms with Crippen LogP contribution in [0.4, 0.5) is 0 Å². The summed E-state index contributed by atoms with van der Waals surface area (Å²) in [6, 6.07) is 8.56. The van der Waals surface area contributed by atoms with Gasteiger partial charge in [-0.15, -0.1) is 0 Å². The highest BCUT2D eigenvalue weighted by atomic mass is 16.5. The van der Waals surface area contributed by atoms with Crippen LogP contribution in [0.3, 0.4) is 0 Å². The van der Waals surface area contributed by atoms with Gasteiger partial charge in [-0.05, 0) is 17.7 Å². The molecule has 0 spiro atoms. The molecule has 0 atom stereocenters. The first-order valence-corrected chi connectivity index (χ1v) is 5.75. The van der Waals surface area contributed by atoms with Crippen LogP contribution >= 0.6 is 0 Å². The molecule has 0 radical (unpaired) electrons. The molecule has 0 bridgehead atoms. The van der Waals surface area contributed by atoms with E-state index in [1.165, 1.54) is 16.7 Å². The number of ether oxygens (including phenoxy) is 1. The number of benzene rings is 1. The summed E-state index contributed by atoms with van der Waals surface area (Å²) in [4.78, 5) is 0. The maximum absolute atomic E-state index is 5.09. The van der Waals surface area contributed by atoms with Gasteiger partial charge < -0.3 is 4.74 Å². The Morgan fingerprint density at radius 3 is 2.41 bits per heavy atom. The molecule has 0 saturated heterocycles. The number of methoxy groups -OCH3 is 1. The van der Waals surface area contributed by atoms with E-state index in [9.17, 15) is 0 Å².